The average Bonchev–Trinajstić information content (AvgIpc) is 3.06. The minimum atomic E-state index is -5.30. The van der Waals surface area contributed by atoms with E-state index in [0.29, 0.717) is 17.2 Å². The first-order valence-electron chi connectivity index (χ1n) is 11.2. The highest BCUT2D eigenvalue weighted by molar-refractivity contribution is 6.26. The van der Waals surface area contributed by atoms with E-state index in [4.69, 9.17) is 11.5 Å². The molecule has 0 saturated carbocycles. The van der Waals surface area contributed by atoms with Crippen LogP contribution < -0.4 is 16.4 Å². The van der Waals surface area contributed by atoms with Gasteiger partial charge in [-0.2, -0.15) is 26.3 Å². The fourth-order valence-electron chi connectivity index (χ4n) is 6.49. The molecule has 4 atom stereocenters. The molecule has 190 valence electrons. The smallest absolute Gasteiger partial charge is 0.399 e. The number of anilines is 3. The summed E-state index contributed by atoms with van der Waals surface area (Å²) in [6.07, 6.45) is -10.3. The van der Waals surface area contributed by atoms with Gasteiger partial charge < -0.3 is 11.5 Å². The first-order valence-corrected chi connectivity index (χ1v) is 11.2. The lowest BCUT2D eigenvalue weighted by atomic mass is 9.47. The summed E-state index contributed by atoms with van der Waals surface area (Å²) in [6.45, 7) is 0. The van der Waals surface area contributed by atoms with Gasteiger partial charge in [-0.25, -0.2) is 4.90 Å². The Kier molecular flexibility index (Phi) is 4.46. The second kappa shape index (κ2) is 7.05. The molecule has 0 radical (unpaired) electrons. The molecule has 1 aliphatic heterocycles. The monoisotopic (exact) mass is 517 g/mol. The van der Waals surface area contributed by atoms with Gasteiger partial charge in [0.1, 0.15) is 0 Å². The number of halogens is 6. The van der Waals surface area contributed by atoms with Crippen molar-refractivity contribution in [2.75, 3.05) is 16.4 Å². The van der Waals surface area contributed by atoms with E-state index in [1.807, 2.05) is 0 Å². The zero-order valence-corrected chi connectivity index (χ0v) is 18.7. The van der Waals surface area contributed by atoms with Gasteiger partial charge >= 0.3 is 12.4 Å². The Hall–Kier alpha value is -4.02. The predicted molar refractivity (Wildman–Crippen MR) is 121 cm³/mol. The Morgan fingerprint density at radius 1 is 0.757 bits per heavy atom. The van der Waals surface area contributed by atoms with Gasteiger partial charge in [-0.15, -0.1) is 0 Å². The van der Waals surface area contributed by atoms with Gasteiger partial charge in [0.05, 0.1) is 17.2 Å². The number of nitrogens with zero attached hydrogens (tertiary/aromatic N) is 1. The molecule has 0 spiro atoms. The summed E-state index contributed by atoms with van der Waals surface area (Å²) in [5.41, 5.74) is 7.50. The van der Waals surface area contributed by atoms with E-state index >= 15 is 13.2 Å². The Balaban J connectivity index is 1.70. The maximum atomic E-state index is 15.3. The molecule has 4 aliphatic rings. The number of hydrogen-bond donors (Lipinski definition) is 2. The highest BCUT2D eigenvalue weighted by Gasteiger charge is 2.81. The van der Waals surface area contributed by atoms with Gasteiger partial charge in [0.2, 0.25) is 5.91 Å². The summed E-state index contributed by atoms with van der Waals surface area (Å²) in [5, 5.41) is 0. The molecule has 1 heterocycles. The number of hydrogen-bond acceptors (Lipinski definition) is 4. The minimum absolute atomic E-state index is 0.0749. The van der Waals surface area contributed by atoms with Crippen LogP contribution in [0.2, 0.25) is 0 Å². The number of rotatable bonds is 1. The van der Waals surface area contributed by atoms with Crippen LogP contribution in [0.25, 0.3) is 0 Å². The van der Waals surface area contributed by atoms with Crippen molar-refractivity contribution in [3.8, 4) is 0 Å². The largest absolute Gasteiger partial charge is 0.418 e. The molecule has 2 amide bonds. The van der Waals surface area contributed by atoms with Crippen LogP contribution in [0.15, 0.2) is 60.7 Å². The Morgan fingerprint density at radius 3 is 1.97 bits per heavy atom. The molecule has 7 rings (SSSR count). The number of alkyl halides is 6. The van der Waals surface area contributed by atoms with E-state index in [9.17, 15) is 22.8 Å². The number of carbonyl (C=O) groups is 2. The highest BCUT2D eigenvalue weighted by atomic mass is 19.4. The third kappa shape index (κ3) is 2.76. The topological polar surface area (TPSA) is 89.4 Å². The fourth-order valence-corrected chi connectivity index (χ4v) is 6.49. The number of nitrogen functional groups attached to an aromatic ring is 2. The molecule has 3 aromatic carbocycles. The van der Waals surface area contributed by atoms with Crippen LogP contribution in [0.4, 0.5) is 43.4 Å². The zero-order valence-electron chi connectivity index (χ0n) is 18.7. The molecule has 4 N–H and O–H groups in total. The quantitative estimate of drug-likeness (QED) is 0.264. The van der Waals surface area contributed by atoms with Gasteiger partial charge in [0.15, 0.2) is 5.41 Å². The van der Waals surface area contributed by atoms with Gasteiger partial charge in [-0.1, -0.05) is 24.3 Å². The number of nitrogens with two attached hydrogens (primary N) is 2. The summed E-state index contributed by atoms with van der Waals surface area (Å²) < 4.78 is 87.4. The van der Waals surface area contributed by atoms with E-state index in [0.717, 1.165) is 18.2 Å². The number of para-hydroxylation sites is 1. The molecule has 3 aliphatic carbocycles. The zero-order chi connectivity index (χ0) is 26.7. The van der Waals surface area contributed by atoms with Gasteiger partial charge in [-0.3, -0.25) is 9.59 Å². The Bertz CT molecular complexity index is 1510. The molecule has 37 heavy (non-hydrogen) atoms. The molecule has 3 aromatic rings. The predicted octanol–water partition coefficient (Wildman–Crippen LogP) is 5.20. The summed E-state index contributed by atoms with van der Waals surface area (Å²) in [7, 11) is 0. The molecule has 11 heteroatoms. The molecular formula is C26H17F6N3O2. The molecule has 1 saturated heterocycles. The lowest BCUT2D eigenvalue weighted by Gasteiger charge is -2.53. The maximum absolute atomic E-state index is 15.3. The van der Waals surface area contributed by atoms with Crippen LogP contribution in [-0.2, 0) is 15.8 Å². The van der Waals surface area contributed by atoms with Crippen LogP contribution >= 0.6 is 0 Å². The summed E-state index contributed by atoms with van der Waals surface area (Å²) >= 11 is 0. The molecule has 4 unspecified atom stereocenters. The van der Waals surface area contributed by atoms with Crippen molar-refractivity contribution < 1.29 is 35.9 Å². The molecule has 1 fully saturated rings. The third-order valence-corrected chi connectivity index (χ3v) is 7.76. The van der Waals surface area contributed by atoms with Crippen molar-refractivity contribution in [2.24, 2.45) is 11.3 Å². The van der Waals surface area contributed by atoms with Crippen LogP contribution in [0.1, 0.15) is 39.7 Å². The van der Waals surface area contributed by atoms with Crippen molar-refractivity contribution in [3.05, 3.63) is 88.5 Å². The number of amides is 2. The molecule has 2 bridgehead atoms. The molecule has 0 aromatic heterocycles. The van der Waals surface area contributed by atoms with Crippen LogP contribution in [0.3, 0.4) is 0 Å². The van der Waals surface area contributed by atoms with Gasteiger partial charge in [-0.05, 0) is 58.7 Å². The number of benzene rings is 3. The van der Waals surface area contributed by atoms with Crippen molar-refractivity contribution in [1.29, 1.82) is 0 Å². The minimum Gasteiger partial charge on any atom is -0.399 e. The molecular weight excluding hydrogens is 500 g/mol. The number of imide groups is 1. The third-order valence-electron chi connectivity index (χ3n) is 7.76. The van der Waals surface area contributed by atoms with Crippen molar-refractivity contribution >= 4 is 28.9 Å². The fraction of sp³-hybridized carbons (Fsp3) is 0.231. The van der Waals surface area contributed by atoms with Crippen molar-refractivity contribution in [3.63, 3.8) is 0 Å². The second-order valence-corrected chi connectivity index (χ2v) is 9.53. The lowest BCUT2D eigenvalue weighted by molar-refractivity contribution is -0.238. The Morgan fingerprint density at radius 2 is 1.35 bits per heavy atom. The second-order valence-electron chi connectivity index (χ2n) is 9.53. The van der Waals surface area contributed by atoms with Crippen LogP contribution in [0.5, 0.6) is 0 Å². The summed E-state index contributed by atoms with van der Waals surface area (Å²) in [5.74, 6) is -8.10. The van der Waals surface area contributed by atoms with E-state index in [1.54, 1.807) is 0 Å². The molecule has 5 nitrogen and oxygen atoms in total. The van der Waals surface area contributed by atoms with Crippen LogP contribution in [0, 0.1) is 11.3 Å². The van der Waals surface area contributed by atoms with Crippen molar-refractivity contribution in [2.45, 2.75) is 24.2 Å². The van der Waals surface area contributed by atoms with E-state index in [1.165, 1.54) is 36.4 Å². The van der Waals surface area contributed by atoms with E-state index < -0.39 is 58.6 Å². The van der Waals surface area contributed by atoms with Gasteiger partial charge in [0.25, 0.3) is 5.91 Å². The standard InChI is InChI=1S/C26H17F6N3O2/c27-25(28,29)17-3-1-2-4-18(17)35-22(36)21-19-13-7-5-12(34)10-16(13)20(14-8-6-11(33)9-15(14)19)24(21,23(35)37)26(30,31)32/h1-10,19-21H,33-34H2. The average molecular weight is 517 g/mol. The maximum Gasteiger partial charge on any atom is 0.418 e. The van der Waals surface area contributed by atoms with Crippen molar-refractivity contribution in [1.82, 2.24) is 0 Å². The normalized spacial score (nSPS) is 26.2. The highest BCUT2D eigenvalue weighted by Crippen LogP contribution is 2.72. The van der Waals surface area contributed by atoms with E-state index in [-0.39, 0.29) is 27.4 Å². The SMILES string of the molecule is Nc1ccc2c(c1)C1c3ccc(N)cc3C2C2(C(F)(F)F)C(=O)N(c3ccccc3C(F)(F)F)C(=O)C12. The first-order chi connectivity index (χ1) is 17.3. The van der Waals surface area contributed by atoms with Crippen LogP contribution in [-0.4, -0.2) is 18.0 Å². The summed E-state index contributed by atoms with van der Waals surface area (Å²) in [4.78, 5) is 27.8. The lowest BCUT2D eigenvalue weighted by Crippen LogP contribution is -2.59. The Labute approximate surface area is 205 Å². The first kappa shape index (κ1) is 23.4. The van der Waals surface area contributed by atoms with E-state index in [2.05, 4.69) is 0 Å². The number of carbonyl (C=O) groups excluding carboxylic acids is 2. The summed E-state index contributed by atoms with van der Waals surface area (Å²) in [6, 6.07) is 12.1. The van der Waals surface area contributed by atoms with Gasteiger partial charge in [0, 0.05) is 23.2 Å².